The second-order valence-electron chi connectivity index (χ2n) is 6.31. The monoisotopic (exact) mass is 258 g/mol. The van der Waals surface area contributed by atoms with Gasteiger partial charge in [0.2, 0.25) is 0 Å². The SMILES string of the molecule is C[C@H]1C=c2cc(B3OC(C)(C)C(C)(C)O3)cnc2=N1. The Morgan fingerprint density at radius 3 is 2.42 bits per heavy atom. The van der Waals surface area contributed by atoms with Crippen LogP contribution in [0.1, 0.15) is 34.6 Å². The van der Waals surface area contributed by atoms with E-state index in [1.54, 1.807) is 6.20 Å². The van der Waals surface area contributed by atoms with Gasteiger partial charge in [-0.3, -0.25) is 4.99 Å². The summed E-state index contributed by atoms with van der Waals surface area (Å²) in [6.45, 7) is 10.3. The molecule has 1 atom stereocenters. The summed E-state index contributed by atoms with van der Waals surface area (Å²) in [5.41, 5.74) is 1.13. The average Bonchev–Trinajstić information content (AvgIpc) is 2.74. The fraction of sp³-hybridized carbons (Fsp3) is 0.571. The van der Waals surface area contributed by atoms with E-state index in [0.29, 0.717) is 0 Å². The van der Waals surface area contributed by atoms with E-state index in [-0.39, 0.29) is 24.4 Å². The lowest BCUT2D eigenvalue weighted by atomic mass is 9.80. The van der Waals surface area contributed by atoms with Gasteiger partial charge in [0.05, 0.1) is 17.2 Å². The summed E-state index contributed by atoms with van der Waals surface area (Å²) in [5.74, 6) is 0. The van der Waals surface area contributed by atoms with Crippen LogP contribution in [0, 0.1) is 0 Å². The van der Waals surface area contributed by atoms with Crippen molar-refractivity contribution >= 4 is 18.7 Å². The summed E-state index contributed by atoms with van der Waals surface area (Å²) in [7, 11) is -0.355. The Balaban J connectivity index is 1.97. The summed E-state index contributed by atoms with van der Waals surface area (Å²) < 4.78 is 12.1. The van der Waals surface area contributed by atoms with Gasteiger partial charge in [-0.2, -0.15) is 0 Å². The van der Waals surface area contributed by atoms with E-state index in [4.69, 9.17) is 9.31 Å². The van der Waals surface area contributed by atoms with Crippen LogP contribution < -0.4 is 16.2 Å². The third kappa shape index (κ3) is 2.01. The standard InChI is InChI=1S/C14H19BN2O2/c1-9-6-10-7-11(8-16-12(10)17-9)15-18-13(2,3)14(4,5)19-15/h6-9H,1-5H3/t9-/m0/s1. The number of nitrogens with zero attached hydrogens (tertiary/aromatic N) is 2. The quantitative estimate of drug-likeness (QED) is 0.675. The number of hydrogen-bond donors (Lipinski definition) is 0. The fourth-order valence-electron chi connectivity index (χ4n) is 2.32. The normalized spacial score (nSPS) is 26.8. The molecule has 0 bridgehead atoms. The Morgan fingerprint density at radius 2 is 1.79 bits per heavy atom. The van der Waals surface area contributed by atoms with E-state index < -0.39 is 0 Å². The lowest BCUT2D eigenvalue weighted by Gasteiger charge is -2.32. The number of rotatable bonds is 1. The van der Waals surface area contributed by atoms with Crippen molar-refractivity contribution in [2.45, 2.75) is 51.9 Å². The summed E-state index contributed by atoms with van der Waals surface area (Å²) in [4.78, 5) is 8.82. The third-order valence-corrected chi connectivity index (χ3v) is 4.19. The molecular formula is C14H19BN2O2. The molecule has 0 saturated carbocycles. The average molecular weight is 258 g/mol. The molecule has 1 aromatic rings. The minimum Gasteiger partial charge on any atom is -0.399 e. The summed E-state index contributed by atoms with van der Waals surface area (Å²) >= 11 is 0. The van der Waals surface area contributed by atoms with Crippen molar-refractivity contribution in [2.24, 2.45) is 4.99 Å². The molecule has 3 rings (SSSR count). The fourth-order valence-corrected chi connectivity index (χ4v) is 2.32. The molecular weight excluding hydrogens is 239 g/mol. The molecule has 5 heteroatoms. The van der Waals surface area contributed by atoms with Gasteiger partial charge in [0.15, 0.2) is 5.49 Å². The Kier molecular flexibility index (Phi) is 2.63. The zero-order valence-corrected chi connectivity index (χ0v) is 12.1. The van der Waals surface area contributed by atoms with Crippen LogP contribution in [-0.4, -0.2) is 29.3 Å². The van der Waals surface area contributed by atoms with Crippen LogP contribution in [0.3, 0.4) is 0 Å². The van der Waals surface area contributed by atoms with Crippen molar-refractivity contribution in [1.82, 2.24) is 4.98 Å². The lowest BCUT2D eigenvalue weighted by molar-refractivity contribution is 0.00578. The molecule has 2 aliphatic heterocycles. The van der Waals surface area contributed by atoms with Gasteiger partial charge in [-0.25, -0.2) is 4.98 Å². The minimum absolute atomic E-state index is 0.205. The van der Waals surface area contributed by atoms with Crippen LogP contribution in [0.2, 0.25) is 0 Å². The van der Waals surface area contributed by atoms with Crippen molar-refractivity contribution in [3.05, 3.63) is 23.0 Å². The molecule has 1 aromatic heterocycles. The number of pyridine rings is 1. The molecule has 0 N–H and O–H groups in total. The number of hydrogen-bond acceptors (Lipinski definition) is 4. The molecule has 4 nitrogen and oxygen atoms in total. The highest BCUT2D eigenvalue weighted by Gasteiger charge is 2.51. The maximum absolute atomic E-state index is 6.03. The topological polar surface area (TPSA) is 43.7 Å². The third-order valence-electron chi connectivity index (χ3n) is 4.19. The van der Waals surface area contributed by atoms with Crippen molar-refractivity contribution in [3.8, 4) is 0 Å². The van der Waals surface area contributed by atoms with Gasteiger partial charge in [0.25, 0.3) is 0 Å². The minimum atomic E-state index is -0.355. The molecule has 0 spiro atoms. The second kappa shape index (κ2) is 3.90. The largest absolute Gasteiger partial charge is 0.496 e. The van der Waals surface area contributed by atoms with Crippen LogP contribution >= 0.6 is 0 Å². The Hall–Kier alpha value is -1.20. The molecule has 1 saturated heterocycles. The molecule has 2 aliphatic rings. The van der Waals surface area contributed by atoms with Crippen molar-refractivity contribution in [2.75, 3.05) is 0 Å². The maximum Gasteiger partial charge on any atom is 0.496 e. The van der Waals surface area contributed by atoms with Gasteiger partial charge in [-0.15, -0.1) is 0 Å². The van der Waals surface area contributed by atoms with Gasteiger partial charge in [-0.1, -0.05) is 6.07 Å². The van der Waals surface area contributed by atoms with E-state index >= 15 is 0 Å². The molecule has 1 fully saturated rings. The molecule has 0 aromatic carbocycles. The van der Waals surface area contributed by atoms with E-state index in [9.17, 15) is 0 Å². The van der Waals surface area contributed by atoms with Gasteiger partial charge >= 0.3 is 7.12 Å². The summed E-state index contributed by atoms with van der Waals surface area (Å²) in [6, 6.07) is 2.27. The van der Waals surface area contributed by atoms with Gasteiger partial charge in [0, 0.05) is 16.9 Å². The summed E-state index contributed by atoms with van der Waals surface area (Å²) in [6.07, 6.45) is 3.91. The highest BCUT2D eigenvalue weighted by atomic mass is 16.7. The van der Waals surface area contributed by atoms with Crippen LogP contribution in [-0.2, 0) is 9.31 Å². The van der Waals surface area contributed by atoms with Crippen molar-refractivity contribution < 1.29 is 9.31 Å². The first-order valence-corrected chi connectivity index (χ1v) is 6.70. The molecule has 19 heavy (non-hydrogen) atoms. The predicted molar refractivity (Wildman–Crippen MR) is 74.7 cm³/mol. The summed E-state index contributed by atoms with van der Waals surface area (Å²) in [5, 5.41) is 1.07. The van der Waals surface area contributed by atoms with Crippen LogP contribution in [0.5, 0.6) is 0 Å². The highest BCUT2D eigenvalue weighted by molar-refractivity contribution is 6.62. The first-order chi connectivity index (χ1) is 8.78. The molecule has 0 unspecified atom stereocenters. The van der Waals surface area contributed by atoms with E-state index in [2.05, 4.69) is 56.7 Å². The second-order valence-corrected chi connectivity index (χ2v) is 6.31. The van der Waals surface area contributed by atoms with E-state index in [1.807, 2.05) is 0 Å². The maximum atomic E-state index is 6.03. The molecule has 0 amide bonds. The van der Waals surface area contributed by atoms with Crippen LogP contribution in [0.25, 0.3) is 6.08 Å². The Labute approximate surface area is 113 Å². The van der Waals surface area contributed by atoms with Crippen LogP contribution in [0.4, 0.5) is 0 Å². The molecule has 3 heterocycles. The zero-order valence-electron chi connectivity index (χ0n) is 12.1. The van der Waals surface area contributed by atoms with Gasteiger partial charge in [-0.05, 0) is 40.7 Å². The highest BCUT2D eigenvalue weighted by Crippen LogP contribution is 2.36. The van der Waals surface area contributed by atoms with Crippen molar-refractivity contribution in [3.63, 3.8) is 0 Å². The first kappa shape index (κ1) is 12.8. The van der Waals surface area contributed by atoms with Gasteiger partial charge in [0.1, 0.15) is 0 Å². The Morgan fingerprint density at radius 1 is 1.16 bits per heavy atom. The smallest absolute Gasteiger partial charge is 0.399 e. The lowest BCUT2D eigenvalue weighted by Crippen LogP contribution is -2.41. The molecule has 100 valence electrons. The predicted octanol–water partition coefficient (Wildman–Crippen LogP) is 0.183. The molecule has 0 aliphatic carbocycles. The zero-order chi connectivity index (χ0) is 13.8. The molecule has 0 radical (unpaired) electrons. The van der Waals surface area contributed by atoms with Crippen molar-refractivity contribution in [1.29, 1.82) is 0 Å². The van der Waals surface area contributed by atoms with Gasteiger partial charge < -0.3 is 9.31 Å². The Bertz CT molecular complexity index is 623. The number of fused-ring (bicyclic) bond motifs is 1. The first-order valence-electron chi connectivity index (χ1n) is 6.70. The van der Waals surface area contributed by atoms with Crippen LogP contribution in [0.15, 0.2) is 17.3 Å². The van der Waals surface area contributed by atoms with E-state index in [0.717, 1.165) is 16.2 Å². The van der Waals surface area contributed by atoms with E-state index in [1.165, 1.54) is 0 Å². The number of aromatic nitrogens is 1.